The van der Waals surface area contributed by atoms with Crippen molar-refractivity contribution in [3.05, 3.63) is 35.7 Å². The molecule has 11 heteroatoms. The number of carbonyl (C=O) groups excluding carboxylic acids is 3. The molecule has 33 heavy (non-hydrogen) atoms. The summed E-state index contributed by atoms with van der Waals surface area (Å²) in [5, 5.41) is 16.3. The fraction of sp³-hybridized carbons (Fsp3) is 0.500. The van der Waals surface area contributed by atoms with Crippen LogP contribution in [0.3, 0.4) is 0 Å². The number of nitrogens with one attached hydrogen (secondary N) is 3. The highest BCUT2D eigenvalue weighted by molar-refractivity contribution is 5.98. The van der Waals surface area contributed by atoms with Crippen LogP contribution < -0.4 is 25.4 Å². The van der Waals surface area contributed by atoms with Crippen molar-refractivity contribution in [1.82, 2.24) is 30.9 Å². The van der Waals surface area contributed by atoms with E-state index >= 15 is 0 Å². The van der Waals surface area contributed by atoms with Crippen molar-refractivity contribution in [2.24, 2.45) is 5.92 Å². The van der Waals surface area contributed by atoms with Crippen LogP contribution in [0.15, 0.2) is 24.4 Å². The highest BCUT2D eigenvalue weighted by atomic mass is 16.5. The third-order valence-electron chi connectivity index (χ3n) is 5.11. The molecule has 0 aliphatic carbocycles. The number of hydrogen-bond donors (Lipinski definition) is 3. The number of nitrogens with zero attached hydrogens (tertiary/aromatic N) is 3. The molecule has 0 saturated carbocycles. The van der Waals surface area contributed by atoms with Crippen molar-refractivity contribution in [1.29, 1.82) is 0 Å². The van der Waals surface area contributed by atoms with Gasteiger partial charge in [-0.15, -0.1) is 5.10 Å². The van der Waals surface area contributed by atoms with Crippen LogP contribution >= 0.6 is 0 Å². The first kappa shape index (κ1) is 24.0. The molecule has 0 radical (unpaired) electrons. The average Bonchev–Trinajstić information content (AvgIpc) is 3.23. The summed E-state index contributed by atoms with van der Waals surface area (Å²) >= 11 is 0. The smallest absolute Gasteiger partial charge is 0.252 e. The molecule has 0 saturated heterocycles. The van der Waals surface area contributed by atoms with Gasteiger partial charge in [0.15, 0.2) is 11.5 Å². The predicted octanol–water partition coefficient (Wildman–Crippen LogP) is 0.645. The SMILES string of the molecule is COc1cc2ccc1OCCn1cc(nn1)CNC(=O)[C@@H](CC(C)C)NC(=O)[C@H](C)NC2=O. The molecule has 2 aromatic rings. The van der Waals surface area contributed by atoms with Crippen LogP contribution in [0.4, 0.5) is 0 Å². The Morgan fingerprint density at radius 2 is 2.00 bits per heavy atom. The second-order valence-corrected chi connectivity index (χ2v) is 8.29. The second kappa shape index (κ2) is 10.8. The first-order valence-electron chi connectivity index (χ1n) is 10.9. The summed E-state index contributed by atoms with van der Waals surface area (Å²) < 4.78 is 12.7. The van der Waals surface area contributed by atoms with Crippen molar-refractivity contribution >= 4 is 17.7 Å². The maximum atomic E-state index is 12.8. The topological polar surface area (TPSA) is 136 Å². The minimum Gasteiger partial charge on any atom is -0.493 e. The molecule has 2 aliphatic rings. The Hall–Kier alpha value is -3.63. The summed E-state index contributed by atoms with van der Waals surface area (Å²) in [6.07, 6.45) is 2.17. The van der Waals surface area contributed by atoms with Crippen LogP contribution in [0, 0.1) is 5.92 Å². The molecule has 0 spiro atoms. The van der Waals surface area contributed by atoms with Crippen molar-refractivity contribution in [2.75, 3.05) is 13.7 Å². The standard InChI is InChI=1S/C22H30N6O5/c1-13(2)9-17-22(31)23-11-16-12-28(27-26-16)7-8-33-18-6-5-15(10-19(18)32-4)21(30)24-14(3)20(29)25-17/h5-6,10,12-14,17H,7-9,11H2,1-4H3,(H,23,31)(H,24,30)(H,25,29)/t14-,17+/m0/s1. The molecule has 2 atom stereocenters. The lowest BCUT2D eigenvalue weighted by Gasteiger charge is -2.22. The van der Waals surface area contributed by atoms with Crippen LogP contribution in [0.5, 0.6) is 11.5 Å². The second-order valence-electron chi connectivity index (χ2n) is 8.29. The fourth-order valence-electron chi connectivity index (χ4n) is 3.35. The van der Waals surface area contributed by atoms with E-state index in [1.54, 1.807) is 36.0 Å². The van der Waals surface area contributed by atoms with Gasteiger partial charge in [0.05, 0.1) is 26.4 Å². The molecular weight excluding hydrogens is 428 g/mol. The normalized spacial score (nSPS) is 20.1. The molecular formula is C22H30N6O5. The van der Waals surface area contributed by atoms with Gasteiger partial charge in [-0.1, -0.05) is 19.1 Å². The number of rotatable bonds is 3. The third-order valence-corrected chi connectivity index (χ3v) is 5.11. The molecule has 2 aliphatic heterocycles. The highest BCUT2D eigenvalue weighted by Crippen LogP contribution is 2.28. The number of benzene rings is 1. The maximum Gasteiger partial charge on any atom is 0.252 e. The maximum absolute atomic E-state index is 12.8. The number of carbonyl (C=O) groups is 3. The monoisotopic (exact) mass is 458 g/mol. The van der Waals surface area contributed by atoms with Crippen molar-refractivity contribution in [3.8, 4) is 11.5 Å². The largest absolute Gasteiger partial charge is 0.493 e. The van der Waals surface area contributed by atoms with E-state index in [2.05, 4.69) is 26.3 Å². The van der Waals surface area contributed by atoms with E-state index in [0.29, 0.717) is 42.3 Å². The van der Waals surface area contributed by atoms with Gasteiger partial charge in [-0.05, 0) is 37.5 Å². The number of amides is 3. The van der Waals surface area contributed by atoms with Crippen LogP contribution in [-0.4, -0.2) is 58.5 Å². The highest BCUT2D eigenvalue weighted by Gasteiger charge is 2.26. The number of ether oxygens (including phenoxy) is 2. The Morgan fingerprint density at radius 3 is 2.73 bits per heavy atom. The lowest BCUT2D eigenvalue weighted by Crippen LogP contribution is -2.53. The first-order chi connectivity index (χ1) is 15.8. The lowest BCUT2D eigenvalue weighted by atomic mass is 10.0. The number of fused-ring (bicyclic) bond motifs is 12. The summed E-state index contributed by atoms with van der Waals surface area (Å²) in [7, 11) is 1.48. The molecule has 1 aromatic carbocycles. The minimum absolute atomic E-state index is 0.166. The zero-order chi connectivity index (χ0) is 24.0. The van der Waals surface area contributed by atoms with E-state index in [4.69, 9.17) is 9.47 Å². The summed E-state index contributed by atoms with van der Waals surface area (Å²) in [5.74, 6) is -0.198. The van der Waals surface area contributed by atoms with E-state index in [1.165, 1.54) is 7.11 Å². The van der Waals surface area contributed by atoms with Crippen LogP contribution in [0.25, 0.3) is 0 Å². The van der Waals surface area contributed by atoms with Crippen LogP contribution in [0.2, 0.25) is 0 Å². The van der Waals surface area contributed by atoms with E-state index in [-0.39, 0.29) is 18.4 Å². The Labute approximate surface area is 192 Å². The van der Waals surface area contributed by atoms with Crippen LogP contribution in [0.1, 0.15) is 43.2 Å². The fourth-order valence-corrected chi connectivity index (χ4v) is 3.35. The van der Waals surface area contributed by atoms with E-state index in [0.717, 1.165) is 0 Å². The summed E-state index contributed by atoms with van der Waals surface area (Å²) in [6.45, 7) is 6.38. The quantitative estimate of drug-likeness (QED) is 0.574. The van der Waals surface area contributed by atoms with Gasteiger partial charge in [0.1, 0.15) is 24.4 Å². The van der Waals surface area contributed by atoms with Crippen molar-refractivity contribution < 1.29 is 23.9 Å². The number of methoxy groups -OCH3 is 1. The molecule has 11 nitrogen and oxygen atoms in total. The van der Waals surface area contributed by atoms with E-state index in [9.17, 15) is 14.4 Å². The lowest BCUT2D eigenvalue weighted by molar-refractivity contribution is -0.130. The van der Waals surface area contributed by atoms with Crippen LogP contribution in [-0.2, 0) is 22.7 Å². The molecule has 4 bridgehead atoms. The van der Waals surface area contributed by atoms with Gasteiger partial charge in [-0.2, -0.15) is 0 Å². The van der Waals surface area contributed by atoms with Gasteiger partial charge in [0, 0.05) is 5.56 Å². The minimum atomic E-state index is -0.858. The van der Waals surface area contributed by atoms with Crippen molar-refractivity contribution in [2.45, 2.75) is 52.4 Å². The molecule has 3 heterocycles. The molecule has 0 unspecified atom stereocenters. The molecule has 3 amide bonds. The van der Waals surface area contributed by atoms with E-state index in [1.807, 2.05) is 13.8 Å². The van der Waals surface area contributed by atoms with Gasteiger partial charge in [0.25, 0.3) is 5.91 Å². The van der Waals surface area contributed by atoms with E-state index < -0.39 is 23.9 Å². The summed E-state index contributed by atoms with van der Waals surface area (Å²) in [5.41, 5.74) is 0.896. The third kappa shape index (κ3) is 6.43. The molecule has 1 aromatic heterocycles. The number of aromatic nitrogens is 3. The zero-order valence-corrected chi connectivity index (χ0v) is 19.3. The van der Waals surface area contributed by atoms with Gasteiger partial charge in [0.2, 0.25) is 11.8 Å². The van der Waals surface area contributed by atoms with Gasteiger partial charge in [-0.25, -0.2) is 4.68 Å². The molecule has 0 fully saturated rings. The van der Waals surface area contributed by atoms with Gasteiger partial charge < -0.3 is 25.4 Å². The first-order valence-corrected chi connectivity index (χ1v) is 10.9. The van der Waals surface area contributed by atoms with Gasteiger partial charge in [-0.3, -0.25) is 14.4 Å². The zero-order valence-electron chi connectivity index (χ0n) is 19.3. The molecule has 3 N–H and O–H groups in total. The number of hydrogen-bond acceptors (Lipinski definition) is 7. The Balaban J connectivity index is 1.87. The Morgan fingerprint density at radius 1 is 1.21 bits per heavy atom. The predicted molar refractivity (Wildman–Crippen MR) is 119 cm³/mol. The molecule has 178 valence electrons. The van der Waals surface area contributed by atoms with Crippen molar-refractivity contribution in [3.63, 3.8) is 0 Å². The average molecular weight is 459 g/mol. The Bertz CT molecular complexity index is 1000. The van der Waals surface area contributed by atoms with Gasteiger partial charge >= 0.3 is 0 Å². The Kier molecular flexibility index (Phi) is 7.86. The summed E-state index contributed by atoms with van der Waals surface area (Å²) in [6, 6.07) is 3.17. The summed E-state index contributed by atoms with van der Waals surface area (Å²) in [4.78, 5) is 38.2. The molecule has 4 rings (SSSR count).